The highest BCUT2D eigenvalue weighted by molar-refractivity contribution is 7.85. The quantitative estimate of drug-likeness (QED) is 0.0391. The molecule has 56 heavy (non-hydrogen) atoms. The molecule has 4 amide bonds. The van der Waals surface area contributed by atoms with Gasteiger partial charge in [0.2, 0.25) is 18.1 Å². The van der Waals surface area contributed by atoms with Crippen molar-refractivity contribution >= 4 is 39.7 Å². The molecule has 3 rings (SSSR count). The summed E-state index contributed by atoms with van der Waals surface area (Å²) >= 11 is 0. The van der Waals surface area contributed by atoms with E-state index >= 15 is 0 Å². The second-order valence-corrected chi connectivity index (χ2v) is 15.8. The van der Waals surface area contributed by atoms with Crippen LogP contribution in [0.15, 0.2) is 30.4 Å². The number of imide groups is 1. The van der Waals surface area contributed by atoms with E-state index < -0.39 is 82.2 Å². The molecule has 2 heterocycles. The molecule has 0 spiro atoms. The number of hydrogen-bond donors (Lipinski definition) is 7. The minimum absolute atomic E-state index is 0.00915. The number of rotatable bonds is 23. The Kier molecular flexibility index (Phi) is 17.6. The van der Waals surface area contributed by atoms with Crippen LogP contribution in [-0.2, 0) is 54.9 Å². The van der Waals surface area contributed by atoms with E-state index in [1.807, 2.05) is 20.8 Å². The molecule has 1 aromatic carbocycles. The van der Waals surface area contributed by atoms with Crippen LogP contribution in [0, 0.1) is 5.41 Å². The zero-order chi connectivity index (χ0) is 41.6. The molecule has 2 aliphatic heterocycles. The Bertz CT molecular complexity index is 1650. The molecular formula is C35H51N3O17S. The lowest BCUT2D eigenvalue weighted by Crippen LogP contribution is -2.61. The molecule has 0 aromatic heterocycles. The van der Waals surface area contributed by atoms with Crippen LogP contribution in [0.3, 0.4) is 0 Å². The lowest BCUT2D eigenvalue weighted by molar-refractivity contribution is -0.271. The Morgan fingerprint density at radius 2 is 1.64 bits per heavy atom. The fraction of sp³-hybridized carbons (Fsp3) is 0.629. The highest BCUT2D eigenvalue weighted by atomic mass is 32.2. The van der Waals surface area contributed by atoms with Crippen molar-refractivity contribution in [3.63, 3.8) is 0 Å². The first-order valence-electron chi connectivity index (χ1n) is 17.8. The molecule has 2 aliphatic rings. The first-order valence-corrected chi connectivity index (χ1v) is 19.4. The molecule has 1 aromatic rings. The largest absolute Gasteiger partial charge is 0.491 e. The maximum atomic E-state index is 12.7. The summed E-state index contributed by atoms with van der Waals surface area (Å²) in [4.78, 5) is 60.9. The van der Waals surface area contributed by atoms with Crippen molar-refractivity contribution in [2.45, 2.75) is 89.8 Å². The van der Waals surface area contributed by atoms with Gasteiger partial charge in [-0.3, -0.25) is 28.6 Å². The van der Waals surface area contributed by atoms with Crippen molar-refractivity contribution in [2.75, 3.05) is 45.3 Å². The number of aliphatic hydroxyl groups excluding tert-OH is 3. The van der Waals surface area contributed by atoms with Crippen molar-refractivity contribution in [3.8, 4) is 11.5 Å². The number of carbonyl (C=O) groups is 5. The highest BCUT2D eigenvalue weighted by Gasteiger charge is 2.48. The van der Waals surface area contributed by atoms with E-state index in [1.54, 1.807) is 12.1 Å². The van der Waals surface area contributed by atoms with Gasteiger partial charge in [-0.15, -0.1) is 0 Å². The first-order chi connectivity index (χ1) is 26.3. The number of carbonyl (C=O) groups excluding carboxylic acids is 4. The van der Waals surface area contributed by atoms with Gasteiger partial charge in [-0.1, -0.05) is 27.2 Å². The Morgan fingerprint density at radius 3 is 2.29 bits per heavy atom. The molecule has 0 bridgehead atoms. The maximum Gasteiger partial charge on any atom is 0.335 e. The fourth-order valence-electron chi connectivity index (χ4n) is 5.33. The van der Waals surface area contributed by atoms with E-state index in [9.17, 15) is 57.4 Å². The molecule has 21 heteroatoms. The summed E-state index contributed by atoms with van der Waals surface area (Å²) < 4.78 is 60.4. The van der Waals surface area contributed by atoms with Gasteiger partial charge >= 0.3 is 5.97 Å². The number of ether oxygens (including phenoxy) is 5. The third-order valence-corrected chi connectivity index (χ3v) is 8.90. The third kappa shape index (κ3) is 15.4. The Balaban J connectivity index is 1.46. The van der Waals surface area contributed by atoms with E-state index in [0.717, 1.165) is 4.90 Å². The van der Waals surface area contributed by atoms with Crippen LogP contribution in [0.2, 0.25) is 0 Å². The van der Waals surface area contributed by atoms with E-state index in [-0.39, 0.29) is 62.9 Å². The van der Waals surface area contributed by atoms with E-state index in [1.165, 1.54) is 18.2 Å². The molecule has 0 saturated carbocycles. The van der Waals surface area contributed by atoms with Gasteiger partial charge in [0.1, 0.15) is 48.2 Å². The zero-order valence-electron chi connectivity index (χ0n) is 31.3. The number of carboxylic acids is 1. The van der Waals surface area contributed by atoms with Crippen molar-refractivity contribution in [1.29, 1.82) is 0 Å². The summed E-state index contributed by atoms with van der Waals surface area (Å²) in [5, 5.41) is 44.8. The minimum Gasteiger partial charge on any atom is -0.491 e. The van der Waals surface area contributed by atoms with Crippen molar-refractivity contribution in [1.82, 2.24) is 15.5 Å². The molecule has 0 radical (unpaired) electrons. The lowest BCUT2D eigenvalue weighted by atomic mass is 9.98. The minimum atomic E-state index is -4.65. The number of aliphatic hydroxyl groups is 3. The topological polar surface area (TPSA) is 294 Å². The van der Waals surface area contributed by atoms with Gasteiger partial charge in [-0.25, -0.2) is 4.79 Å². The number of nitrogens with one attached hydrogen (secondary N) is 2. The van der Waals surface area contributed by atoms with Crippen LogP contribution >= 0.6 is 0 Å². The number of hydrogen-bond acceptors (Lipinski definition) is 15. The number of unbranched alkanes of at least 4 members (excludes halogenated alkanes) is 2. The van der Waals surface area contributed by atoms with Gasteiger partial charge in [0.25, 0.3) is 21.9 Å². The Morgan fingerprint density at radius 1 is 0.946 bits per heavy atom. The maximum absolute atomic E-state index is 12.7. The van der Waals surface area contributed by atoms with E-state index in [2.05, 4.69) is 10.6 Å². The molecule has 6 atom stereocenters. The van der Waals surface area contributed by atoms with Gasteiger partial charge in [0.15, 0.2) is 6.10 Å². The van der Waals surface area contributed by atoms with Crippen LogP contribution < -0.4 is 20.1 Å². The number of carboxylic acid groups (broad SMARTS) is 1. The lowest BCUT2D eigenvalue weighted by Gasteiger charge is -2.38. The van der Waals surface area contributed by atoms with Crippen LogP contribution in [0.25, 0.3) is 0 Å². The molecule has 314 valence electrons. The Labute approximate surface area is 323 Å². The summed E-state index contributed by atoms with van der Waals surface area (Å²) in [6, 6.07) is 3.05. The molecule has 1 fully saturated rings. The predicted molar refractivity (Wildman–Crippen MR) is 192 cm³/mol. The summed E-state index contributed by atoms with van der Waals surface area (Å²) in [6.07, 6.45) is -5.62. The third-order valence-electron chi connectivity index (χ3n) is 8.14. The van der Waals surface area contributed by atoms with Crippen molar-refractivity contribution in [2.24, 2.45) is 5.41 Å². The van der Waals surface area contributed by atoms with Crippen LogP contribution in [0.1, 0.15) is 52.0 Å². The number of nitrogens with zero attached hydrogens (tertiary/aromatic N) is 1. The molecular weight excluding hydrogens is 766 g/mol. The van der Waals surface area contributed by atoms with Crippen molar-refractivity contribution in [3.05, 3.63) is 35.9 Å². The average Bonchev–Trinajstić information content (AvgIpc) is 3.42. The fourth-order valence-corrected chi connectivity index (χ4v) is 5.99. The van der Waals surface area contributed by atoms with E-state index in [4.69, 9.17) is 23.7 Å². The molecule has 0 unspecified atom stereocenters. The average molecular weight is 818 g/mol. The van der Waals surface area contributed by atoms with Gasteiger partial charge < -0.3 is 54.7 Å². The Hall–Kier alpha value is -4.22. The number of aliphatic carboxylic acids is 1. The predicted octanol–water partition coefficient (Wildman–Crippen LogP) is -1.11. The van der Waals surface area contributed by atoms with Crippen molar-refractivity contribution < 1.29 is 81.1 Å². The van der Waals surface area contributed by atoms with E-state index in [0.29, 0.717) is 31.4 Å². The standard InChI is InChI=1S/C35H51N3O17S/c1-35(2,3)20-52-18-21-8-9-22(17-24(21)54-34-30(44)28(42)29(43)31(55-34)33(46)47)53-16-15-51-14-12-36-32(45)23(19-56(48,49)50)37-25(39)7-5-4-6-13-38-26(40)10-11-27(38)41/h8-11,17,23,28-31,34,42-44H,4-7,12-16,18-20H2,1-3H3,(H,36,45)(H,37,39)(H,46,47)(H,48,49,50)/t23-,28+,29+,30-,31+,34-/m1/s1. The second kappa shape index (κ2) is 21.3. The SMILES string of the molecule is CC(C)(C)COCc1ccc(OCCOCCNC(=O)[C@@H](CS(=O)(=O)O)NC(=O)CCCCCN2C(=O)C=CC2=O)cc1O[C@@H]1O[C@H](C(=O)O)[C@@H](O)[C@H](O)[C@H]1O. The molecule has 1 saturated heterocycles. The molecule has 7 N–H and O–H groups in total. The second-order valence-electron chi connectivity index (χ2n) is 14.3. The van der Waals surface area contributed by atoms with Gasteiger partial charge in [0.05, 0.1) is 26.4 Å². The van der Waals surface area contributed by atoms with Crippen LogP contribution in [-0.4, -0.2) is 150 Å². The van der Waals surface area contributed by atoms with Gasteiger partial charge in [-0.2, -0.15) is 8.42 Å². The van der Waals surface area contributed by atoms with Gasteiger partial charge in [-0.05, 0) is 30.4 Å². The normalized spacial score (nSPS) is 21.8. The summed E-state index contributed by atoms with van der Waals surface area (Å²) in [5.41, 5.74) is 0.314. The summed E-state index contributed by atoms with van der Waals surface area (Å²) in [5.74, 6) is -4.64. The van der Waals surface area contributed by atoms with Gasteiger partial charge in [0, 0.05) is 43.3 Å². The number of amides is 4. The van der Waals surface area contributed by atoms with Crippen LogP contribution in [0.5, 0.6) is 11.5 Å². The highest BCUT2D eigenvalue weighted by Crippen LogP contribution is 2.31. The first kappa shape index (κ1) is 46.2. The number of benzene rings is 1. The smallest absolute Gasteiger partial charge is 0.335 e. The molecule has 0 aliphatic carbocycles. The van der Waals surface area contributed by atoms with Crippen LogP contribution in [0.4, 0.5) is 0 Å². The summed E-state index contributed by atoms with van der Waals surface area (Å²) in [6.45, 7) is 6.40. The molecule has 20 nitrogen and oxygen atoms in total. The summed E-state index contributed by atoms with van der Waals surface area (Å²) in [7, 11) is -4.65. The zero-order valence-corrected chi connectivity index (χ0v) is 32.1. The monoisotopic (exact) mass is 817 g/mol.